The second-order valence-corrected chi connectivity index (χ2v) is 7.93. The van der Waals surface area contributed by atoms with Gasteiger partial charge in [-0.3, -0.25) is 10.2 Å². The summed E-state index contributed by atoms with van der Waals surface area (Å²) in [6.07, 6.45) is 0. The van der Waals surface area contributed by atoms with Crippen molar-refractivity contribution in [2.24, 2.45) is 0 Å². The molecule has 1 amide bonds. The first-order valence-electron chi connectivity index (χ1n) is 10.5. The van der Waals surface area contributed by atoms with E-state index in [4.69, 9.17) is 0 Å². The number of fused-ring (bicyclic) bond motifs is 1. The summed E-state index contributed by atoms with van der Waals surface area (Å²) in [5, 5.41) is 13.6. The second-order valence-electron chi connectivity index (χ2n) is 7.93. The minimum Gasteiger partial charge on any atom is -0.365 e. The molecule has 4 nitrogen and oxygen atoms in total. The molecule has 2 N–H and O–H groups in total. The fourth-order valence-electron chi connectivity index (χ4n) is 4.42. The van der Waals surface area contributed by atoms with Crippen LogP contribution in [0.4, 0.5) is 14.5 Å². The van der Waals surface area contributed by atoms with Crippen molar-refractivity contribution in [2.45, 2.75) is 11.6 Å². The van der Waals surface area contributed by atoms with E-state index in [1.54, 1.807) is 60.7 Å². The van der Waals surface area contributed by atoms with Crippen LogP contribution in [-0.2, 0) is 5.72 Å². The third-order valence-electron chi connectivity index (χ3n) is 5.92. The number of nitrogens with one attached hydrogen (secondary N) is 1. The Bertz CT molecular complexity index is 1250. The lowest BCUT2D eigenvalue weighted by atomic mass is 9.79. The van der Waals surface area contributed by atoms with Gasteiger partial charge in [0.05, 0.1) is 11.6 Å². The van der Waals surface area contributed by atoms with E-state index in [0.717, 1.165) is 0 Å². The van der Waals surface area contributed by atoms with Gasteiger partial charge in [-0.2, -0.15) is 0 Å². The summed E-state index contributed by atoms with van der Waals surface area (Å²) in [5.41, 5.74) is 3.65. The van der Waals surface area contributed by atoms with Crippen LogP contribution in [0.3, 0.4) is 0 Å². The van der Waals surface area contributed by atoms with Crippen molar-refractivity contribution in [2.75, 3.05) is 5.43 Å². The topological polar surface area (TPSA) is 52.6 Å². The molecular weight excluding hydrogens is 422 g/mol. The maximum absolute atomic E-state index is 13.8. The van der Waals surface area contributed by atoms with E-state index in [1.165, 1.54) is 29.3 Å². The molecule has 1 aliphatic rings. The van der Waals surface area contributed by atoms with Gasteiger partial charge < -0.3 is 5.11 Å². The molecular formula is C27H20F2N2O2. The molecule has 0 saturated carbocycles. The monoisotopic (exact) mass is 442 g/mol. The summed E-state index contributed by atoms with van der Waals surface area (Å²) in [6.45, 7) is 0. The van der Waals surface area contributed by atoms with E-state index in [9.17, 15) is 18.7 Å². The van der Waals surface area contributed by atoms with Gasteiger partial charge in [0.2, 0.25) is 0 Å². The number of carbonyl (C=O) groups excluding carboxylic acids is 1. The number of aliphatic hydroxyl groups is 1. The highest BCUT2D eigenvalue weighted by Crippen LogP contribution is 2.49. The van der Waals surface area contributed by atoms with Crippen molar-refractivity contribution in [1.29, 1.82) is 0 Å². The van der Waals surface area contributed by atoms with Crippen LogP contribution in [0.1, 0.15) is 33.0 Å². The van der Waals surface area contributed by atoms with Gasteiger partial charge in [-0.1, -0.05) is 60.7 Å². The number of anilines is 1. The molecule has 1 unspecified atom stereocenters. The Hall–Kier alpha value is -4.03. The number of para-hydroxylation sites is 1. The van der Waals surface area contributed by atoms with Gasteiger partial charge in [0.1, 0.15) is 11.6 Å². The summed E-state index contributed by atoms with van der Waals surface area (Å²) in [7, 11) is 0. The molecule has 33 heavy (non-hydrogen) atoms. The predicted molar refractivity (Wildman–Crippen MR) is 121 cm³/mol. The number of rotatable bonds is 5. The fraction of sp³-hybridized carbons (Fsp3) is 0.0741. The first kappa shape index (κ1) is 20.8. The zero-order valence-corrected chi connectivity index (χ0v) is 17.5. The highest BCUT2D eigenvalue weighted by molar-refractivity contribution is 6.00. The molecule has 0 aromatic heterocycles. The summed E-state index contributed by atoms with van der Waals surface area (Å²) < 4.78 is 27.5. The maximum atomic E-state index is 13.8. The summed E-state index contributed by atoms with van der Waals surface area (Å²) in [6, 6.07) is 27.3. The first-order chi connectivity index (χ1) is 16.0. The Kier molecular flexibility index (Phi) is 5.15. The highest BCUT2D eigenvalue weighted by atomic mass is 19.1. The van der Waals surface area contributed by atoms with E-state index < -0.39 is 29.2 Å². The number of benzene rings is 4. The molecule has 4 aromatic carbocycles. The molecule has 6 heteroatoms. The number of nitrogens with zero attached hydrogens (tertiary/aromatic N) is 1. The minimum absolute atomic E-state index is 0.345. The van der Waals surface area contributed by atoms with Crippen LogP contribution in [0.2, 0.25) is 0 Å². The van der Waals surface area contributed by atoms with E-state index in [-0.39, 0.29) is 0 Å². The first-order valence-corrected chi connectivity index (χ1v) is 10.5. The molecule has 1 heterocycles. The van der Waals surface area contributed by atoms with E-state index >= 15 is 0 Å². The Morgan fingerprint density at radius 1 is 0.727 bits per heavy atom. The lowest BCUT2D eigenvalue weighted by molar-refractivity contribution is -0.0854. The quantitative estimate of drug-likeness (QED) is 0.434. The standard InChI is InChI=1S/C27H20F2N2O2/c28-20-14-10-18(11-15-20)25(19-12-16-21(29)17-13-19)27(33)24-9-5-4-8-23(24)26(32)31(27)30-22-6-2-1-3-7-22/h1-17,25,30,33H. The largest absolute Gasteiger partial charge is 0.365 e. The lowest BCUT2D eigenvalue weighted by Crippen LogP contribution is -2.51. The van der Waals surface area contributed by atoms with Gasteiger partial charge in [-0.15, -0.1) is 0 Å². The van der Waals surface area contributed by atoms with E-state index in [0.29, 0.717) is 27.9 Å². The van der Waals surface area contributed by atoms with Crippen molar-refractivity contribution in [1.82, 2.24) is 5.01 Å². The van der Waals surface area contributed by atoms with Crippen molar-refractivity contribution < 1.29 is 18.7 Å². The van der Waals surface area contributed by atoms with Crippen LogP contribution in [-0.4, -0.2) is 16.0 Å². The SMILES string of the molecule is O=C1c2ccccc2C(O)(C(c2ccc(F)cc2)c2ccc(F)cc2)N1Nc1ccccc1. The van der Waals surface area contributed by atoms with Crippen LogP contribution in [0.25, 0.3) is 0 Å². The summed E-state index contributed by atoms with van der Waals surface area (Å²) in [5.74, 6) is -2.11. The van der Waals surface area contributed by atoms with Gasteiger partial charge in [0.25, 0.3) is 5.91 Å². The molecule has 5 rings (SSSR count). The van der Waals surface area contributed by atoms with Crippen molar-refractivity contribution >= 4 is 11.6 Å². The number of hydrogen-bond donors (Lipinski definition) is 2. The van der Waals surface area contributed by atoms with Gasteiger partial charge in [-0.25, -0.2) is 13.8 Å². The average molecular weight is 442 g/mol. The van der Waals surface area contributed by atoms with Crippen LogP contribution in [0, 0.1) is 11.6 Å². The average Bonchev–Trinajstić information content (AvgIpc) is 3.05. The Morgan fingerprint density at radius 3 is 1.82 bits per heavy atom. The van der Waals surface area contributed by atoms with Crippen molar-refractivity contribution in [3.8, 4) is 0 Å². The molecule has 0 fully saturated rings. The third-order valence-corrected chi connectivity index (χ3v) is 5.92. The number of amides is 1. The van der Waals surface area contributed by atoms with E-state index in [2.05, 4.69) is 5.43 Å². The predicted octanol–water partition coefficient (Wildman–Crippen LogP) is 5.42. The lowest BCUT2D eigenvalue weighted by Gasteiger charge is -2.41. The summed E-state index contributed by atoms with van der Waals surface area (Å²) >= 11 is 0. The summed E-state index contributed by atoms with van der Waals surface area (Å²) in [4.78, 5) is 13.5. The van der Waals surface area contributed by atoms with Gasteiger partial charge in [-0.05, 0) is 53.6 Å². The molecule has 1 atom stereocenters. The Labute approximate surface area is 189 Å². The Balaban J connectivity index is 1.74. The highest BCUT2D eigenvalue weighted by Gasteiger charge is 2.55. The Morgan fingerprint density at radius 2 is 1.24 bits per heavy atom. The number of carbonyl (C=O) groups is 1. The molecule has 0 radical (unpaired) electrons. The van der Waals surface area contributed by atoms with Crippen LogP contribution in [0.15, 0.2) is 103 Å². The maximum Gasteiger partial charge on any atom is 0.275 e. The zero-order chi connectivity index (χ0) is 23.0. The van der Waals surface area contributed by atoms with Crippen LogP contribution < -0.4 is 5.43 Å². The van der Waals surface area contributed by atoms with Crippen molar-refractivity contribution in [3.05, 3.63) is 137 Å². The number of hydrazine groups is 1. The van der Waals surface area contributed by atoms with Crippen LogP contribution in [0.5, 0.6) is 0 Å². The smallest absolute Gasteiger partial charge is 0.275 e. The minimum atomic E-state index is -1.89. The van der Waals surface area contributed by atoms with Crippen LogP contribution >= 0.6 is 0 Å². The number of halogens is 2. The number of hydrogen-bond acceptors (Lipinski definition) is 3. The fourth-order valence-corrected chi connectivity index (χ4v) is 4.42. The van der Waals surface area contributed by atoms with E-state index in [1.807, 2.05) is 18.2 Å². The molecule has 0 spiro atoms. The molecule has 1 aliphatic heterocycles. The van der Waals surface area contributed by atoms with Crippen molar-refractivity contribution in [3.63, 3.8) is 0 Å². The van der Waals surface area contributed by atoms with Gasteiger partial charge in [0.15, 0.2) is 5.72 Å². The molecule has 0 saturated heterocycles. The molecule has 0 bridgehead atoms. The molecule has 164 valence electrons. The normalized spacial score (nSPS) is 17.3. The molecule has 0 aliphatic carbocycles. The molecule has 4 aromatic rings. The van der Waals surface area contributed by atoms with Gasteiger partial charge in [0, 0.05) is 11.1 Å². The zero-order valence-electron chi connectivity index (χ0n) is 17.5. The van der Waals surface area contributed by atoms with Gasteiger partial charge >= 0.3 is 0 Å². The second kappa shape index (κ2) is 8.15. The third kappa shape index (κ3) is 3.54.